The minimum Gasteiger partial charge on any atom is -0.494 e. The van der Waals surface area contributed by atoms with Gasteiger partial charge in [-0.15, -0.1) is 0 Å². The molecular weight excluding hydrogens is 414 g/mol. The SMILES string of the molecule is CCOc1ccc(C2C=C3c4cc5c(cc4CCN3C3=C2C(=O)CC(C)(C)C3)OCO5)cc1. The van der Waals surface area contributed by atoms with E-state index in [9.17, 15) is 4.79 Å². The van der Waals surface area contributed by atoms with Crippen LogP contribution >= 0.6 is 0 Å². The number of hydrogen-bond acceptors (Lipinski definition) is 5. The van der Waals surface area contributed by atoms with Gasteiger partial charge in [-0.05, 0) is 66.6 Å². The first-order valence-electron chi connectivity index (χ1n) is 11.8. The summed E-state index contributed by atoms with van der Waals surface area (Å²) in [4.78, 5) is 15.9. The highest BCUT2D eigenvalue weighted by molar-refractivity contribution is 6.01. The number of rotatable bonds is 3. The molecule has 0 radical (unpaired) electrons. The van der Waals surface area contributed by atoms with Crippen LogP contribution < -0.4 is 14.2 Å². The lowest BCUT2D eigenvalue weighted by molar-refractivity contribution is -0.118. The number of allylic oxidation sites excluding steroid dienone is 3. The molecule has 2 aromatic carbocycles. The molecule has 0 saturated heterocycles. The van der Waals surface area contributed by atoms with Gasteiger partial charge in [0.25, 0.3) is 0 Å². The Hall–Kier alpha value is -3.21. The molecule has 33 heavy (non-hydrogen) atoms. The van der Waals surface area contributed by atoms with Crippen molar-refractivity contribution in [2.24, 2.45) is 5.41 Å². The molecule has 6 rings (SSSR count). The van der Waals surface area contributed by atoms with Gasteiger partial charge in [0.05, 0.1) is 6.61 Å². The molecule has 3 heterocycles. The summed E-state index contributed by atoms with van der Waals surface area (Å²) < 4.78 is 17.0. The topological polar surface area (TPSA) is 48.0 Å². The van der Waals surface area contributed by atoms with E-state index in [0.717, 1.165) is 47.8 Å². The molecule has 0 fully saturated rings. The summed E-state index contributed by atoms with van der Waals surface area (Å²) in [6.45, 7) is 8.17. The molecule has 0 aromatic heterocycles. The second-order valence-corrected chi connectivity index (χ2v) is 10.1. The summed E-state index contributed by atoms with van der Waals surface area (Å²) in [5.74, 6) is 2.69. The highest BCUT2D eigenvalue weighted by Gasteiger charge is 2.42. The van der Waals surface area contributed by atoms with Crippen LogP contribution in [0.15, 0.2) is 53.7 Å². The van der Waals surface area contributed by atoms with Crippen LogP contribution in [0, 0.1) is 5.41 Å². The van der Waals surface area contributed by atoms with E-state index in [1.807, 2.05) is 19.1 Å². The molecule has 0 spiro atoms. The summed E-state index contributed by atoms with van der Waals surface area (Å²) in [5, 5.41) is 0. The summed E-state index contributed by atoms with van der Waals surface area (Å²) in [7, 11) is 0. The standard InChI is InChI=1S/C28H29NO4/c1-4-31-19-7-5-17(6-8-19)21-12-22-20-13-26-25(32-16-33-26)11-18(20)9-10-29(22)23-14-28(2,3)15-24(30)27(21)23/h5-8,11-13,21H,4,9-10,14-16H2,1-3H3. The highest BCUT2D eigenvalue weighted by Crippen LogP contribution is 2.51. The number of ketones is 1. The van der Waals surface area contributed by atoms with Crippen LogP contribution in [0.1, 0.15) is 56.2 Å². The lowest BCUT2D eigenvalue weighted by Gasteiger charge is -2.46. The fourth-order valence-electron chi connectivity index (χ4n) is 5.73. The van der Waals surface area contributed by atoms with Crippen LogP contribution in [0.5, 0.6) is 17.2 Å². The Kier molecular flexibility index (Phi) is 4.58. The van der Waals surface area contributed by atoms with Crippen molar-refractivity contribution >= 4 is 11.5 Å². The van der Waals surface area contributed by atoms with Crippen molar-refractivity contribution in [2.75, 3.05) is 19.9 Å². The minimum atomic E-state index is -0.0677. The smallest absolute Gasteiger partial charge is 0.231 e. The van der Waals surface area contributed by atoms with Crippen LogP contribution in [0.3, 0.4) is 0 Å². The number of benzene rings is 2. The quantitative estimate of drug-likeness (QED) is 0.631. The third-order valence-electron chi connectivity index (χ3n) is 7.18. The normalized spacial score (nSPS) is 22.4. The Morgan fingerprint density at radius 1 is 1.09 bits per heavy atom. The van der Waals surface area contributed by atoms with Gasteiger partial charge in [-0.2, -0.15) is 0 Å². The van der Waals surface area contributed by atoms with E-state index in [0.29, 0.717) is 13.0 Å². The van der Waals surface area contributed by atoms with Crippen LogP contribution in [0.25, 0.3) is 5.70 Å². The third kappa shape index (κ3) is 3.33. The Labute approximate surface area is 194 Å². The Balaban J connectivity index is 1.50. The second-order valence-electron chi connectivity index (χ2n) is 10.1. The largest absolute Gasteiger partial charge is 0.494 e. The van der Waals surface area contributed by atoms with E-state index in [-0.39, 0.29) is 23.9 Å². The molecule has 3 aliphatic heterocycles. The molecule has 0 amide bonds. The van der Waals surface area contributed by atoms with E-state index >= 15 is 0 Å². The van der Waals surface area contributed by atoms with Crippen molar-refractivity contribution in [3.05, 3.63) is 70.4 Å². The predicted molar refractivity (Wildman–Crippen MR) is 126 cm³/mol. The maximum atomic E-state index is 13.5. The number of ether oxygens (including phenoxy) is 3. The van der Waals surface area contributed by atoms with Crippen LogP contribution in [0.2, 0.25) is 0 Å². The molecule has 1 aliphatic carbocycles. The first-order chi connectivity index (χ1) is 15.9. The lowest BCUT2D eigenvalue weighted by Crippen LogP contribution is -2.40. The second kappa shape index (κ2) is 7.41. The van der Waals surface area contributed by atoms with Gasteiger partial charge < -0.3 is 19.1 Å². The Bertz CT molecular complexity index is 1210. The van der Waals surface area contributed by atoms with Crippen molar-refractivity contribution in [3.8, 4) is 17.2 Å². The van der Waals surface area contributed by atoms with Gasteiger partial charge in [0, 0.05) is 41.4 Å². The van der Waals surface area contributed by atoms with E-state index in [1.54, 1.807) is 0 Å². The number of hydrogen-bond donors (Lipinski definition) is 0. The van der Waals surface area contributed by atoms with Crippen molar-refractivity contribution in [3.63, 3.8) is 0 Å². The fourth-order valence-corrected chi connectivity index (χ4v) is 5.73. The van der Waals surface area contributed by atoms with Gasteiger partial charge >= 0.3 is 0 Å². The zero-order valence-corrected chi connectivity index (χ0v) is 19.4. The summed E-state index contributed by atoms with van der Waals surface area (Å²) in [6, 6.07) is 12.5. The molecule has 1 atom stereocenters. The van der Waals surface area contributed by atoms with Crippen LogP contribution in [0.4, 0.5) is 0 Å². The Morgan fingerprint density at radius 3 is 2.61 bits per heavy atom. The number of carbonyl (C=O) groups excluding carboxylic acids is 1. The molecule has 0 saturated carbocycles. The average Bonchev–Trinajstić information content (AvgIpc) is 3.24. The molecule has 5 nitrogen and oxygen atoms in total. The monoisotopic (exact) mass is 443 g/mol. The first-order valence-corrected chi connectivity index (χ1v) is 11.8. The molecule has 0 N–H and O–H groups in total. The number of carbonyl (C=O) groups is 1. The zero-order chi connectivity index (χ0) is 22.7. The van der Waals surface area contributed by atoms with Crippen molar-refractivity contribution in [2.45, 2.75) is 46.0 Å². The highest BCUT2D eigenvalue weighted by atomic mass is 16.7. The van der Waals surface area contributed by atoms with E-state index in [4.69, 9.17) is 14.2 Å². The number of fused-ring (bicyclic) bond motifs is 5. The van der Waals surface area contributed by atoms with Gasteiger partial charge in [-0.25, -0.2) is 0 Å². The molecule has 170 valence electrons. The molecular formula is C28H29NO4. The molecule has 0 bridgehead atoms. The first kappa shape index (κ1) is 20.4. The van der Waals surface area contributed by atoms with Gasteiger partial charge in [-0.1, -0.05) is 26.0 Å². The van der Waals surface area contributed by atoms with Crippen molar-refractivity contribution in [1.29, 1.82) is 0 Å². The van der Waals surface area contributed by atoms with Crippen LogP contribution in [-0.4, -0.2) is 30.6 Å². The van der Waals surface area contributed by atoms with Crippen molar-refractivity contribution in [1.82, 2.24) is 4.90 Å². The van der Waals surface area contributed by atoms with Gasteiger partial charge in [0.2, 0.25) is 6.79 Å². The summed E-state index contributed by atoms with van der Waals surface area (Å²) in [5.41, 5.74) is 6.87. The molecule has 5 heteroatoms. The maximum Gasteiger partial charge on any atom is 0.231 e. The lowest BCUT2D eigenvalue weighted by atomic mass is 9.69. The molecule has 2 aromatic rings. The van der Waals surface area contributed by atoms with Crippen LogP contribution in [-0.2, 0) is 11.2 Å². The van der Waals surface area contributed by atoms with E-state index in [2.05, 4.69) is 49.1 Å². The van der Waals surface area contributed by atoms with Gasteiger partial charge in [0.1, 0.15) is 5.75 Å². The summed E-state index contributed by atoms with van der Waals surface area (Å²) in [6.07, 6.45) is 4.69. The number of Topliss-reactive ketones (excluding diaryl/α,β-unsaturated/α-hetero) is 1. The average molecular weight is 444 g/mol. The zero-order valence-electron chi connectivity index (χ0n) is 19.4. The maximum absolute atomic E-state index is 13.5. The Morgan fingerprint density at radius 2 is 1.85 bits per heavy atom. The third-order valence-corrected chi connectivity index (χ3v) is 7.18. The fraction of sp³-hybridized carbons (Fsp3) is 0.393. The molecule has 1 unspecified atom stereocenters. The van der Waals surface area contributed by atoms with Gasteiger partial charge in [0.15, 0.2) is 17.3 Å². The van der Waals surface area contributed by atoms with E-state index in [1.165, 1.54) is 22.5 Å². The predicted octanol–water partition coefficient (Wildman–Crippen LogP) is 5.45. The molecule has 4 aliphatic rings. The van der Waals surface area contributed by atoms with Gasteiger partial charge in [-0.3, -0.25) is 4.79 Å². The van der Waals surface area contributed by atoms with Crippen molar-refractivity contribution < 1.29 is 19.0 Å². The minimum absolute atomic E-state index is 0.0447. The summed E-state index contributed by atoms with van der Waals surface area (Å²) >= 11 is 0. The number of nitrogens with zero attached hydrogens (tertiary/aromatic N) is 1. The van der Waals surface area contributed by atoms with E-state index < -0.39 is 0 Å².